The van der Waals surface area contributed by atoms with Crippen LogP contribution in [-0.4, -0.2) is 74.1 Å². The first kappa shape index (κ1) is 24.2. The fourth-order valence-corrected chi connectivity index (χ4v) is 4.58. The van der Waals surface area contributed by atoms with Crippen LogP contribution in [0, 0.1) is 11.8 Å². The van der Waals surface area contributed by atoms with Gasteiger partial charge in [-0.25, -0.2) is 4.98 Å². The van der Waals surface area contributed by atoms with Crippen molar-refractivity contribution in [1.29, 1.82) is 0 Å². The lowest BCUT2D eigenvalue weighted by molar-refractivity contribution is 0.312. The van der Waals surface area contributed by atoms with Crippen molar-refractivity contribution in [3.05, 3.63) is 23.9 Å². The van der Waals surface area contributed by atoms with Gasteiger partial charge in [-0.15, -0.1) is 24.0 Å². The Morgan fingerprint density at radius 1 is 1.17 bits per heavy atom. The summed E-state index contributed by atoms with van der Waals surface area (Å²) in [7, 11) is 4.07. The first-order chi connectivity index (χ1) is 13.6. The third-order valence-electron chi connectivity index (χ3n) is 6.54. The lowest BCUT2D eigenvalue weighted by Gasteiger charge is -2.33. The molecule has 3 rings (SSSR count). The van der Waals surface area contributed by atoms with Crippen molar-refractivity contribution < 1.29 is 0 Å². The van der Waals surface area contributed by atoms with Crippen LogP contribution >= 0.6 is 24.0 Å². The van der Waals surface area contributed by atoms with Crippen molar-refractivity contribution in [1.82, 2.24) is 20.1 Å². The van der Waals surface area contributed by atoms with Gasteiger partial charge in [-0.05, 0) is 36.9 Å². The van der Waals surface area contributed by atoms with Crippen molar-refractivity contribution in [2.24, 2.45) is 16.8 Å². The number of anilines is 1. The molecule has 164 valence electrons. The summed E-state index contributed by atoms with van der Waals surface area (Å²) in [6, 6.07) is 4.35. The fourth-order valence-electron chi connectivity index (χ4n) is 4.58. The highest BCUT2D eigenvalue weighted by molar-refractivity contribution is 14.0. The van der Waals surface area contributed by atoms with E-state index in [9.17, 15) is 0 Å². The van der Waals surface area contributed by atoms with Gasteiger partial charge < -0.3 is 20.0 Å². The van der Waals surface area contributed by atoms with Crippen LogP contribution in [-0.2, 0) is 6.54 Å². The summed E-state index contributed by atoms with van der Waals surface area (Å²) < 4.78 is 0. The smallest absolute Gasteiger partial charge is 0.193 e. The molecule has 1 N–H and O–H groups in total. The molecule has 0 bridgehead atoms. The van der Waals surface area contributed by atoms with Crippen molar-refractivity contribution in [3.63, 3.8) is 0 Å². The van der Waals surface area contributed by atoms with E-state index in [-0.39, 0.29) is 24.0 Å². The first-order valence-electron chi connectivity index (χ1n) is 11.0. The van der Waals surface area contributed by atoms with Crippen molar-refractivity contribution in [3.8, 4) is 0 Å². The van der Waals surface area contributed by atoms with Gasteiger partial charge in [-0.1, -0.05) is 32.8 Å². The Bertz CT molecular complexity index is 623. The number of hydrogen-bond acceptors (Lipinski definition) is 4. The van der Waals surface area contributed by atoms with E-state index in [0.29, 0.717) is 0 Å². The fraction of sp³-hybridized carbons (Fsp3) is 0.727. The topological polar surface area (TPSA) is 47.0 Å². The molecule has 3 heterocycles. The first-order valence-corrected chi connectivity index (χ1v) is 11.0. The highest BCUT2D eigenvalue weighted by Crippen LogP contribution is 2.28. The Labute approximate surface area is 194 Å². The third kappa shape index (κ3) is 6.44. The van der Waals surface area contributed by atoms with Gasteiger partial charge in [-0.3, -0.25) is 4.99 Å². The second kappa shape index (κ2) is 11.9. The summed E-state index contributed by atoms with van der Waals surface area (Å²) in [5.74, 6) is 3.76. The van der Waals surface area contributed by atoms with Crippen LogP contribution in [0.5, 0.6) is 0 Å². The van der Waals surface area contributed by atoms with Crippen LogP contribution in [0.2, 0.25) is 0 Å². The van der Waals surface area contributed by atoms with Gasteiger partial charge in [0.2, 0.25) is 0 Å². The van der Waals surface area contributed by atoms with E-state index in [1.807, 2.05) is 13.2 Å². The molecular weight excluding hydrogens is 475 g/mol. The number of pyridine rings is 1. The van der Waals surface area contributed by atoms with Gasteiger partial charge in [0.05, 0.1) is 0 Å². The molecule has 1 atom stereocenters. The Morgan fingerprint density at radius 2 is 1.90 bits per heavy atom. The molecular formula is C22H39IN6. The van der Waals surface area contributed by atoms with Crippen LogP contribution in [0.1, 0.15) is 38.7 Å². The standard InChI is InChI=1S/C22H38N6.HI/c1-5-19(6-2)20-9-10-28(17-20)22(23-3)25-16-18-7-8-21(24-15-18)27-13-11-26(4)12-14-27;/h7-8,15,19-20H,5-6,9-14,16-17H2,1-4H3,(H,23,25);1H. The predicted octanol–water partition coefficient (Wildman–Crippen LogP) is 3.28. The number of likely N-dealkylation sites (tertiary alicyclic amines) is 1. The van der Waals surface area contributed by atoms with Gasteiger partial charge in [0.15, 0.2) is 5.96 Å². The molecule has 0 radical (unpaired) electrons. The molecule has 2 aliphatic heterocycles. The SMILES string of the molecule is CCC(CC)C1CCN(C(=NC)NCc2ccc(N3CCN(C)CC3)nc2)C1.I. The van der Waals surface area contributed by atoms with Gasteiger partial charge in [-0.2, -0.15) is 0 Å². The van der Waals surface area contributed by atoms with E-state index in [1.165, 1.54) is 24.8 Å². The second-order valence-electron chi connectivity index (χ2n) is 8.29. The zero-order chi connectivity index (χ0) is 19.9. The second-order valence-corrected chi connectivity index (χ2v) is 8.29. The largest absolute Gasteiger partial charge is 0.354 e. The molecule has 6 nitrogen and oxygen atoms in total. The highest BCUT2D eigenvalue weighted by atomic mass is 127. The molecule has 2 saturated heterocycles. The lowest BCUT2D eigenvalue weighted by atomic mass is 9.87. The number of guanidine groups is 1. The van der Waals surface area contributed by atoms with Gasteiger partial charge >= 0.3 is 0 Å². The zero-order valence-corrected chi connectivity index (χ0v) is 20.9. The summed E-state index contributed by atoms with van der Waals surface area (Å²) in [6.07, 6.45) is 5.86. The van der Waals surface area contributed by atoms with E-state index in [0.717, 1.165) is 69.4 Å². The van der Waals surface area contributed by atoms with Crippen LogP contribution in [0.3, 0.4) is 0 Å². The molecule has 2 fully saturated rings. The Morgan fingerprint density at radius 3 is 2.48 bits per heavy atom. The monoisotopic (exact) mass is 514 g/mol. The average molecular weight is 515 g/mol. The number of halogens is 1. The number of nitrogens with one attached hydrogen (secondary N) is 1. The normalized spacial score (nSPS) is 20.9. The zero-order valence-electron chi connectivity index (χ0n) is 18.6. The highest BCUT2D eigenvalue weighted by Gasteiger charge is 2.29. The molecule has 0 amide bonds. The number of aliphatic imine (C=N–C) groups is 1. The van der Waals surface area contributed by atoms with E-state index in [1.54, 1.807) is 0 Å². The number of hydrogen-bond donors (Lipinski definition) is 1. The van der Waals surface area contributed by atoms with Crippen LogP contribution < -0.4 is 10.2 Å². The molecule has 7 heteroatoms. The van der Waals surface area contributed by atoms with E-state index >= 15 is 0 Å². The number of nitrogens with zero attached hydrogens (tertiary/aromatic N) is 5. The number of rotatable bonds is 6. The van der Waals surface area contributed by atoms with E-state index in [4.69, 9.17) is 4.98 Å². The van der Waals surface area contributed by atoms with Crippen molar-refractivity contribution in [2.45, 2.75) is 39.7 Å². The predicted molar refractivity (Wildman–Crippen MR) is 133 cm³/mol. The molecule has 2 aliphatic rings. The Kier molecular flexibility index (Phi) is 9.95. The Hall–Kier alpha value is -1.09. The molecule has 0 aliphatic carbocycles. The minimum absolute atomic E-state index is 0. The summed E-state index contributed by atoms with van der Waals surface area (Å²) >= 11 is 0. The van der Waals surface area contributed by atoms with Gasteiger partial charge in [0.1, 0.15) is 5.82 Å². The van der Waals surface area contributed by atoms with Gasteiger partial charge in [0, 0.05) is 59.1 Å². The maximum absolute atomic E-state index is 4.70. The average Bonchev–Trinajstić information content (AvgIpc) is 3.20. The molecule has 1 aromatic rings. The van der Waals surface area contributed by atoms with Crippen molar-refractivity contribution in [2.75, 3.05) is 58.3 Å². The number of aromatic nitrogens is 1. The molecule has 29 heavy (non-hydrogen) atoms. The molecule has 1 unspecified atom stereocenters. The van der Waals surface area contributed by atoms with E-state index in [2.05, 4.69) is 58.0 Å². The number of likely N-dealkylation sites (N-methyl/N-ethyl adjacent to an activating group) is 1. The van der Waals surface area contributed by atoms with Crippen LogP contribution in [0.15, 0.2) is 23.3 Å². The van der Waals surface area contributed by atoms with Crippen molar-refractivity contribution >= 4 is 35.8 Å². The summed E-state index contributed by atoms with van der Waals surface area (Å²) in [6.45, 7) is 12.0. The maximum atomic E-state index is 4.70. The van der Waals surface area contributed by atoms with Crippen LogP contribution in [0.4, 0.5) is 5.82 Å². The third-order valence-corrected chi connectivity index (χ3v) is 6.54. The summed E-state index contributed by atoms with van der Waals surface area (Å²) in [5, 5.41) is 3.54. The summed E-state index contributed by atoms with van der Waals surface area (Å²) in [4.78, 5) is 16.4. The summed E-state index contributed by atoms with van der Waals surface area (Å²) in [5.41, 5.74) is 1.20. The molecule has 0 saturated carbocycles. The minimum atomic E-state index is 0. The van der Waals surface area contributed by atoms with Crippen LogP contribution in [0.25, 0.3) is 0 Å². The molecule has 1 aromatic heterocycles. The molecule has 0 aromatic carbocycles. The van der Waals surface area contributed by atoms with Gasteiger partial charge in [0.25, 0.3) is 0 Å². The Balaban J connectivity index is 0.00000300. The lowest BCUT2D eigenvalue weighted by Crippen LogP contribution is -2.44. The van der Waals surface area contributed by atoms with E-state index < -0.39 is 0 Å². The minimum Gasteiger partial charge on any atom is -0.354 e. The number of piperazine rings is 1. The molecule has 0 spiro atoms. The quantitative estimate of drug-likeness (QED) is 0.359. The maximum Gasteiger partial charge on any atom is 0.193 e.